The normalized spacial score (nSPS) is 27.7. The fourth-order valence-corrected chi connectivity index (χ4v) is 5.32. The minimum atomic E-state index is 0.422. The van der Waals surface area contributed by atoms with Crippen LogP contribution in [-0.2, 0) is 0 Å². The summed E-state index contributed by atoms with van der Waals surface area (Å²) in [7, 11) is 1.67. The molecule has 8 nitrogen and oxygen atoms in total. The third-order valence-corrected chi connectivity index (χ3v) is 6.66. The molecule has 150 valence electrons. The molecule has 6 rings (SSSR count). The second-order valence-corrected chi connectivity index (χ2v) is 8.53. The molecule has 0 bridgehead atoms. The van der Waals surface area contributed by atoms with E-state index in [-0.39, 0.29) is 0 Å². The number of anilines is 3. The third kappa shape index (κ3) is 2.81. The molecule has 29 heavy (non-hydrogen) atoms. The lowest BCUT2D eigenvalue weighted by Gasteiger charge is -2.66. The fourth-order valence-electron chi connectivity index (χ4n) is 5.32. The summed E-state index contributed by atoms with van der Waals surface area (Å²) < 4.78 is 5.40. The van der Waals surface area contributed by atoms with Crippen molar-refractivity contribution in [2.75, 3.05) is 17.7 Å². The van der Waals surface area contributed by atoms with E-state index in [9.17, 15) is 0 Å². The Hall–Kier alpha value is -2.87. The van der Waals surface area contributed by atoms with Crippen LogP contribution in [0.25, 0.3) is 10.9 Å². The number of aromatic nitrogens is 4. The standard InChI is InChI=1S/C21H25N7O/c1-11-5-19(27-26-11)24-20-17-4-3-16(29-2)10-18(17)23-21(25-20)22-12-6-13-8-15-9-14(7-12)28(13)15/h3-5,10,12-15H,6-9H2,1-2H3,(H3,22,23,24,25,26,27)/t12?,13-,14+,15?. The monoisotopic (exact) mass is 391 g/mol. The zero-order valence-electron chi connectivity index (χ0n) is 16.6. The molecule has 1 aromatic carbocycles. The first-order chi connectivity index (χ1) is 14.2. The van der Waals surface area contributed by atoms with Crippen molar-refractivity contribution in [2.24, 2.45) is 0 Å². The molecule has 3 aliphatic rings. The number of aryl methyl sites for hydroxylation is 1. The maximum Gasteiger partial charge on any atom is 0.225 e. The largest absolute Gasteiger partial charge is 0.497 e. The lowest BCUT2D eigenvalue weighted by molar-refractivity contribution is -0.146. The number of nitrogens with one attached hydrogen (secondary N) is 3. The number of aromatic amines is 1. The zero-order chi connectivity index (χ0) is 19.5. The van der Waals surface area contributed by atoms with E-state index in [1.165, 1.54) is 25.7 Å². The molecule has 3 fully saturated rings. The first kappa shape index (κ1) is 17.0. The highest BCUT2D eigenvalue weighted by atomic mass is 16.5. The minimum absolute atomic E-state index is 0.422. The summed E-state index contributed by atoms with van der Waals surface area (Å²) in [6.45, 7) is 1.98. The topological polar surface area (TPSA) is 91.0 Å². The smallest absolute Gasteiger partial charge is 0.225 e. The highest BCUT2D eigenvalue weighted by Crippen LogP contribution is 2.48. The van der Waals surface area contributed by atoms with Gasteiger partial charge in [-0.2, -0.15) is 10.1 Å². The molecular formula is C21H25N7O. The van der Waals surface area contributed by atoms with Crippen LogP contribution in [0.15, 0.2) is 24.3 Å². The minimum Gasteiger partial charge on any atom is -0.497 e. The van der Waals surface area contributed by atoms with Gasteiger partial charge in [0, 0.05) is 47.4 Å². The maximum atomic E-state index is 5.40. The molecule has 2 aromatic heterocycles. The molecule has 3 N–H and O–H groups in total. The number of fused-ring (bicyclic) bond motifs is 1. The number of ether oxygens (including phenoxy) is 1. The van der Waals surface area contributed by atoms with Crippen molar-refractivity contribution in [3.8, 4) is 5.75 Å². The van der Waals surface area contributed by atoms with Gasteiger partial charge in [-0.1, -0.05) is 0 Å². The highest BCUT2D eigenvalue weighted by Gasteiger charge is 2.54. The van der Waals surface area contributed by atoms with E-state index >= 15 is 0 Å². The Balaban J connectivity index is 1.33. The number of nitrogens with zero attached hydrogens (tertiary/aromatic N) is 4. The molecule has 4 atom stereocenters. The van der Waals surface area contributed by atoms with Gasteiger partial charge < -0.3 is 15.4 Å². The van der Waals surface area contributed by atoms with Crippen LogP contribution in [0, 0.1) is 6.92 Å². The van der Waals surface area contributed by atoms with Gasteiger partial charge in [0.2, 0.25) is 5.95 Å². The van der Waals surface area contributed by atoms with Gasteiger partial charge in [-0.15, -0.1) is 0 Å². The van der Waals surface area contributed by atoms with Crippen LogP contribution in [0.3, 0.4) is 0 Å². The molecule has 3 aliphatic heterocycles. The van der Waals surface area contributed by atoms with Gasteiger partial charge >= 0.3 is 0 Å². The number of rotatable bonds is 5. The van der Waals surface area contributed by atoms with Crippen LogP contribution in [0.2, 0.25) is 0 Å². The van der Waals surface area contributed by atoms with Crippen molar-refractivity contribution in [3.05, 3.63) is 30.0 Å². The van der Waals surface area contributed by atoms with Gasteiger partial charge in [0.25, 0.3) is 0 Å². The number of hydrogen-bond donors (Lipinski definition) is 3. The van der Waals surface area contributed by atoms with Crippen molar-refractivity contribution in [3.63, 3.8) is 0 Å². The molecule has 0 spiro atoms. The van der Waals surface area contributed by atoms with Crippen LogP contribution >= 0.6 is 0 Å². The SMILES string of the molecule is COc1ccc2c(Nc3cc(C)[nH]n3)nc(NC3C[C@@H]4CC5C[C@H](C3)N54)nc2c1. The predicted molar refractivity (Wildman–Crippen MR) is 112 cm³/mol. The number of H-pyrrole nitrogens is 1. The summed E-state index contributed by atoms with van der Waals surface area (Å²) in [4.78, 5) is 12.3. The molecule has 2 unspecified atom stereocenters. The average Bonchev–Trinajstić information content (AvgIpc) is 3.08. The van der Waals surface area contributed by atoms with Crippen LogP contribution in [-0.4, -0.2) is 56.3 Å². The molecule has 0 aliphatic carbocycles. The van der Waals surface area contributed by atoms with E-state index in [4.69, 9.17) is 14.7 Å². The van der Waals surface area contributed by atoms with Crippen molar-refractivity contribution >= 4 is 28.5 Å². The van der Waals surface area contributed by atoms with Crippen LogP contribution < -0.4 is 15.4 Å². The molecule has 3 aromatic rings. The second-order valence-electron chi connectivity index (χ2n) is 8.53. The van der Waals surface area contributed by atoms with E-state index in [2.05, 4.69) is 25.7 Å². The predicted octanol–water partition coefficient (Wildman–Crippen LogP) is 3.20. The molecule has 8 heteroatoms. The highest BCUT2D eigenvalue weighted by molar-refractivity contribution is 5.92. The van der Waals surface area contributed by atoms with Crippen molar-refractivity contribution in [2.45, 2.75) is 56.8 Å². The van der Waals surface area contributed by atoms with Crippen molar-refractivity contribution in [1.82, 2.24) is 25.1 Å². The molecular weight excluding hydrogens is 366 g/mol. The molecule has 0 saturated carbocycles. The lowest BCUT2D eigenvalue weighted by Crippen LogP contribution is -2.73. The lowest BCUT2D eigenvalue weighted by atomic mass is 9.68. The Kier molecular flexibility index (Phi) is 3.71. The molecule has 0 radical (unpaired) electrons. The van der Waals surface area contributed by atoms with Crippen molar-refractivity contribution < 1.29 is 4.74 Å². The Morgan fingerprint density at radius 3 is 2.55 bits per heavy atom. The summed E-state index contributed by atoms with van der Waals surface area (Å²) >= 11 is 0. The number of benzene rings is 1. The Morgan fingerprint density at radius 1 is 1.07 bits per heavy atom. The van der Waals surface area contributed by atoms with Crippen LogP contribution in [0.1, 0.15) is 31.4 Å². The molecule has 3 saturated heterocycles. The summed E-state index contributed by atoms with van der Waals surface area (Å²) in [5.41, 5.74) is 1.85. The number of hydrogen-bond acceptors (Lipinski definition) is 7. The molecule has 0 amide bonds. The maximum absolute atomic E-state index is 5.40. The number of piperidine rings is 2. The summed E-state index contributed by atoms with van der Waals surface area (Å²) in [5, 5.41) is 15.2. The Morgan fingerprint density at radius 2 is 1.86 bits per heavy atom. The van der Waals surface area contributed by atoms with E-state index in [0.29, 0.717) is 12.0 Å². The van der Waals surface area contributed by atoms with E-state index in [0.717, 1.165) is 52.1 Å². The van der Waals surface area contributed by atoms with Crippen LogP contribution in [0.4, 0.5) is 17.6 Å². The van der Waals surface area contributed by atoms with E-state index in [1.807, 2.05) is 31.2 Å². The van der Waals surface area contributed by atoms with Gasteiger partial charge in [-0.3, -0.25) is 10.00 Å². The van der Waals surface area contributed by atoms with Gasteiger partial charge in [0.1, 0.15) is 11.6 Å². The van der Waals surface area contributed by atoms with E-state index in [1.54, 1.807) is 7.11 Å². The summed E-state index contributed by atoms with van der Waals surface area (Å²) in [6.07, 6.45) is 5.06. The van der Waals surface area contributed by atoms with Gasteiger partial charge in [-0.25, -0.2) is 4.98 Å². The van der Waals surface area contributed by atoms with E-state index < -0.39 is 0 Å². The first-order valence-electron chi connectivity index (χ1n) is 10.3. The van der Waals surface area contributed by atoms with Crippen LogP contribution in [0.5, 0.6) is 5.75 Å². The first-order valence-corrected chi connectivity index (χ1v) is 10.3. The fraction of sp³-hybridized carbons (Fsp3) is 0.476. The Bertz CT molecular complexity index is 1060. The quantitative estimate of drug-likeness (QED) is 0.615. The molecule has 5 heterocycles. The van der Waals surface area contributed by atoms with Gasteiger partial charge in [0.05, 0.1) is 12.6 Å². The summed E-state index contributed by atoms with van der Waals surface area (Å²) in [6, 6.07) is 10.6. The Labute approximate surface area is 169 Å². The van der Waals surface area contributed by atoms with Crippen molar-refractivity contribution in [1.29, 1.82) is 0 Å². The summed E-state index contributed by atoms with van der Waals surface area (Å²) in [5.74, 6) is 2.94. The third-order valence-electron chi connectivity index (χ3n) is 6.66. The average molecular weight is 391 g/mol. The zero-order valence-corrected chi connectivity index (χ0v) is 16.6. The van der Waals surface area contributed by atoms with Gasteiger partial charge in [0.15, 0.2) is 5.82 Å². The number of methoxy groups -OCH3 is 1. The second kappa shape index (κ2) is 6.32. The van der Waals surface area contributed by atoms with Gasteiger partial charge in [-0.05, 0) is 44.7 Å².